The molecule has 1 aliphatic heterocycles. The quantitative estimate of drug-likeness (QED) is 0.568. The standard InChI is InChI=1S/C8H12O2/c1-2-7(9)8-5-3-10-4-6(5)8/h5-6,8H,2-4H2,1H3/t5-,6+,8+. The lowest BCUT2D eigenvalue weighted by Gasteiger charge is -1.99. The van der Waals surface area contributed by atoms with Crippen molar-refractivity contribution in [1.29, 1.82) is 0 Å². The number of ketones is 1. The van der Waals surface area contributed by atoms with Crippen LogP contribution in [0.2, 0.25) is 0 Å². The molecule has 2 heteroatoms. The van der Waals surface area contributed by atoms with Gasteiger partial charge in [-0.3, -0.25) is 4.79 Å². The number of Topliss-reactive ketones (excluding diaryl/α,β-unsaturated/α-hetero) is 1. The first-order valence-electron chi connectivity index (χ1n) is 3.95. The number of hydrogen-bond donors (Lipinski definition) is 0. The zero-order chi connectivity index (χ0) is 7.14. The van der Waals surface area contributed by atoms with Gasteiger partial charge in [-0.1, -0.05) is 6.92 Å². The Morgan fingerprint density at radius 1 is 1.50 bits per heavy atom. The topological polar surface area (TPSA) is 26.3 Å². The maximum atomic E-state index is 11.1. The molecule has 1 heterocycles. The number of rotatable bonds is 2. The summed E-state index contributed by atoms with van der Waals surface area (Å²) in [5, 5.41) is 0. The van der Waals surface area contributed by atoms with E-state index in [2.05, 4.69) is 0 Å². The van der Waals surface area contributed by atoms with E-state index < -0.39 is 0 Å². The molecule has 0 bridgehead atoms. The van der Waals surface area contributed by atoms with E-state index in [1.807, 2.05) is 6.92 Å². The molecule has 1 saturated carbocycles. The van der Waals surface area contributed by atoms with Crippen molar-refractivity contribution in [2.45, 2.75) is 13.3 Å². The summed E-state index contributed by atoms with van der Waals surface area (Å²) >= 11 is 0. The minimum atomic E-state index is 0.388. The number of carbonyl (C=O) groups is 1. The number of fused-ring (bicyclic) bond motifs is 1. The number of hydrogen-bond acceptors (Lipinski definition) is 2. The predicted molar refractivity (Wildman–Crippen MR) is 36.6 cm³/mol. The lowest BCUT2D eigenvalue weighted by molar-refractivity contribution is -0.121. The highest BCUT2D eigenvalue weighted by atomic mass is 16.5. The summed E-state index contributed by atoms with van der Waals surface area (Å²) in [5.74, 6) is 2.04. The Kier molecular flexibility index (Phi) is 1.31. The summed E-state index contributed by atoms with van der Waals surface area (Å²) in [6, 6.07) is 0. The second-order valence-electron chi connectivity index (χ2n) is 3.21. The smallest absolute Gasteiger partial charge is 0.136 e. The van der Waals surface area contributed by atoms with E-state index in [1.165, 1.54) is 0 Å². The minimum absolute atomic E-state index is 0.388. The highest BCUT2D eigenvalue weighted by molar-refractivity contribution is 5.84. The Morgan fingerprint density at radius 2 is 2.10 bits per heavy atom. The predicted octanol–water partition coefficient (Wildman–Crippen LogP) is 0.858. The van der Waals surface area contributed by atoms with Crippen LogP contribution in [-0.4, -0.2) is 19.0 Å². The molecule has 56 valence electrons. The van der Waals surface area contributed by atoms with Crippen LogP contribution >= 0.6 is 0 Å². The highest BCUT2D eigenvalue weighted by Crippen LogP contribution is 2.51. The van der Waals surface area contributed by atoms with Gasteiger partial charge < -0.3 is 4.74 Å². The first kappa shape index (κ1) is 6.35. The average molecular weight is 140 g/mol. The van der Waals surface area contributed by atoms with Crippen LogP contribution in [0.25, 0.3) is 0 Å². The van der Waals surface area contributed by atoms with Crippen LogP contribution in [0, 0.1) is 17.8 Å². The van der Waals surface area contributed by atoms with E-state index >= 15 is 0 Å². The van der Waals surface area contributed by atoms with E-state index in [4.69, 9.17) is 4.74 Å². The maximum Gasteiger partial charge on any atom is 0.136 e. The van der Waals surface area contributed by atoms with Crippen LogP contribution in [0.3, 0.4) is 0 Å². The fourth-order valence-electron chi connectivity index (χ4n) is 1.95. The third kappa shape index (κ3) is 0.717. The molecule has 0 unspecified atom stereocenters. The highest BCUT2D eigenvalue weighted by Gasteiger charge is 2.56. The Bertz CT molecular complexity index is 155. The van der Waals surface area contributed by atoms with Crippen molar-refractivity contribution >= 4 is 5.78 Å². The molecule has 0 N–H and O–H groups in total. The van der Waals surface area contributed by atoms with Crippen LogP contribution in [-0.2, 0) is 9.53 Å². The van der Waals surface area contributed by atoms with Gasteiger partial charge in [-0.05, 0) is 11.8 Å². The molecule has 0 aromatic rings. The summed E-state index contributed by atoms with van der Waals surface area (Å²) in [5.41, 5.74) is 0. The molecule has 0 spiro atoms. The van der Waals surface area contributed by atoms with Crippen LogP contribution < -0.4 is 0 Å². The fourth-order valence-corrected chi connectivity index (χ4v) is 1.95. The molecule has 0 aromatic heterocycles. The van der Waals surface area contributed by atoms with E-state index in [-0.39, 0.29) is 0 Å². The largest absolute Gasteiger partial charge is 0.381 e. The molecule has 2 rings (SSSR count). The van der Waals surface area contributed by atoms with Crippen LogP contribution in [0.5, 0.6) is 0 Å². The normalized spacial score (nSPS) is 43.1. The molecule has 0 aromatic carbocycles. The Morgan fingerprint density at radius 3 is 2.60 bits per heavy atom. The van der Waals surface area contributed by atoms with E-state index in [0.717, 1.165) is 13.2 Å². The molecule has 2 fully saturated rings. The van der Waals surface area contributed by atoms with Crippen LogP contribution in [0.15, 0.2) is 0 Å². The monoisotopic (exact) mass is 140 g/mol. The second kappa shape index (κ2) is 2.06. The van der Waals surface area contributed by atoms with Crippen molar-refractivity contribution in [2.75, 3.05) is 13.2 Å². The van der Waals surface area contributed by atoms with Crippen molar-refractivity contribution in [3.8, 4) is 0 Å². The summed E-state index contributed by atoms with van der Waals surface area (Å²) in [7, 11) is 0. The van der Waals surface area contributed by atoms with Gasteiger partial charge in [0, 0.05) is 12.3 Å². The molecule has 2 aliphatic rings. The third-order valence-corrected chi connectivity index (χ3v) is 2.67. The van der Waals surface area contributed by atoms with Gasteiger partial charge in [0.15, 0.2) is 0 Å². The second-order valence-corrected chi connectivity index (χ2v) is 3.21. The Labute approximate surface area is 60.6 Å². The minimum Gasteiger partial charge on any atom is -0.381 e. The lowest BCUT2D eigenvalue weighted by atomic mass is 10.1. The first-order chi connectivity index (χ1) is 4.84. The van der Waals surface area contributed by atoms with Gasteiger partial charge in [-0.2, -0.15) is 0 Å². The molecule has 0 radical (unpaired) electrons. The third-order valence-electron chi connectivity index (χ3n) is 2.67. The zero-order valence-corrected chi connectivity index (χ0v) is 6.17. The summed E-state index contributed by atoms with van der Waals surface area (Å²) in [4.78, 5) is 11.1. The summed E-state index contributed by atoms with van der Waals surface area (Å²) in [6.07, 6.45) is 0.706. The van der Waals surface area contributed by atoms with Crippen molar-refractivity contribution in [2.24, 2.45) is 17.8 Å². The number of ether oxygens (including phenoxy) is 1. The summed E-state index contributed by atoms with van der Waals surface area (Å²) < 4.78 is 5.18. The fraction of sp³-hybridized carbons (Fsp3) is 0.875. The molecule has 1 saturated heterocycles. The van der Waals surface area contributed by atoms with Crippen molar-refractivity contribution in [1.82, 2.24) is 0 Å². The van der Waals surface area contributed by atoms with Gasteiger partial charge >= 0.3 is 0 Å². The zero-order valence-electron chi connectivity index (χ0n) is 6.17. The van der Waals surface area contributed by atoms with Crippen LogP contribution in [0.1, 0.15) is 13.3 Å². The van der Waals surface area contributed by atoms with E-state index in [1.54, 1.807) is 0 Å². The molecular formula is C8H12O2. The Hall–Kier alpha value is -0.370. The van der Waals surface area contributed by atoms with Gasteiger partial charge in [0.25, 0.3) is 0 Å². The van der Waals surface area contributed by atoms with Crippen molar-refractivity contribution in [3.05, 3.63) is 0 Å². The molecule has 10 heavy (non-hydrogen) atoms. The van der Waals surface area contributed by atoms with E-state index in [0.29, 0.717) is 30.0 Å². The Balaban J connectivity index is 1.94. The first-order valence-corrected chi connectivity index (χ1v) is 3.95. The van der Waals surface area contributed by atoms with Crippen molar-refractivity contribution < 1.29 is 9.53 Å². The molecule has 2 nitrogen and oxygen atoms in total. The molecule has 1 aliphatic carbocycles. The van der Waals surface area contributed by atoms with E-state index in [9.17, 15) is 4.79 Å². The number of carbonyl (C=O) groups excluding carboxylic acids is 1. The van der Waals surface area contributed by atoms with Crippen LogP contribution in [0.4, 0.5) is 0 Å². The molecule has 0 amide bonds. The van der Waals surface area contributed by atoms with Gasteiger partial charge in [0.1, 0.15) is 5.78 Å². The maximum absolute atomic E-state index is 11.1. The summed E-state index contributed by atoms with van der Waals surface area (Å²) in [6.45, 7) is 3.61. The molecule has 3 atom stereocenters. The average Bonchev–Trinajstić information content (AvgIpc) is 2.43. The lowest BCUT2D eigenvalue weighted by Crippen LogP contribution is -2.07. The van der Waals surface area contributed by atoms with Gasteiger partial charge in [-0.25, -0.2) is 0 Å². The van der Waals surface area contributed by atoms with Gasteiger partial charge in [0.05, 0.1) is 13.2 Å². The molecular weight excluding hydrogens is 128 g/mol. The van der Waals surface area contributed by atoms with Crippen molar-refractivity contribution in [3.63, 3.8) is 0 Å². The van der Waals surface area contributed by atoms with Gasteiger partial charge in [-0.15, -0.1) is 0 Å². The van der Waals surface area contributed by atoms with Gasteiger partial charge in [0.2, 0.25) is 0 Å². The SMILES string of the molecule is CCC(=O)[C@H]1[C@@H]2COC[C@@H]21.